The highest BCUT2D eigenvalue weighted by molar-refractivity contribution is 9.10. The number of hydrogen-bond acceptors (Lipinski definition) is 5. The van der Waals surface area contributed by atoms with Gasteiger partial charge in [0.25, 0.3) is 11.1 Å². The Hall–Kier alpha value is -1.47. The third-order valence-corrected chi connectivity index (χ3v) is 3.96. The molecular formula is C12H8BrNO4S. The molecule has 2 aliphatic rings. The van der Waals surface area contributed by atoms with Gasteiger partial charge in [0.1, 0.15) is 13.2 Å². The van der Waals surface area contributed by atoms with Crippen molar-refractivity contribution in [3.63, 3.8) is 0 Å². The summed E-state index contributed by atoms with van der Waals surface area (Å²) in [4.78, 5) is 22.9. The fourth-order valence-corrected chi connectivity index (χ4v) is 3.04. The minimum atomic E-state index is -0.374. The van der Waals surface area contributed by atoms with Crippen LogP contribution >= 0.6 is 27.7 Å². The number of rotatable bonds is 1. The molecule has 98 valence electrons. The van der Waals surface area contributed by atoms with E-state index in [1.165, 1.54) is 0 Å². The van der Waals surface area contributed by atoms with Crippen LogP contribution in [0.25, 0.3) is 6.08 Å². The lowest BCUT2D eigenvalue weighted by atomic mass is 10.1. The molecule has 1 saturated heterocycles. The van der Waals surface area contributed by atoms with Crippen molar-refractivity contribution in [1.29, 1.82) is 0 Å². The number of benzene rings is 1. The largest absolute Gasteiger partial charge is 0.486 e. The van der Waals surface area contributed by atoms with Gasteiger partial charge in [0.15, 0.2) is 11.5 Å². The van der Waals surface area contributed by atoms with Crippen molar-refractivity contribution >= 4 is 44.9 Å². The van der Waals surface area contributed by atoms with E-state index in [1.54, 1.807) is 12.1 Å². The smallest absolute Gasteiger partial charge is 0.290 e. The van der Waals surface area contributed by atoms with E-state index < -0.39 is 0 Å². The Morgan fingerprint density at radius 2 is 2.05 bits per heavy atom. The topological polar surface area (TPSA) is 64.6 Å². The minimum Gasteiger partial charge on any atom is -0.486 e. The molecule has 1 N–H and O–H groups in total. The van der Waals surface area contributed by atoms with Crippen molar-refractivity contribution in [3.8, 4) is 11.5 Å². The van der Waals surface area contributed by atoms with Crippen LogP contribution < -0.4 is 14.8 Å². The van der Waals surface area contributed by atoms with Crippen molar-refractivity contribution in [3.05, 3.63) is 27.1 Å². The molecule has 19 heavy (non-hydrogen) atoms. The first-order chi connectivity index (χ1) is 9.13. The molecule has 1 aromatic rings. The predicted molar refractivity (Wildman–Crippen MR) is 74.2 cm³/mol. The molecule has 0 bridgehead atoms. The first-order valence-electron chi connectivity index (χ1n) is 5.47. The van der Waals surface area contributed by atoms with E-state index in [0.29, 0.717) is 29.6 Å². The first-order valence-corrected chi connectivity index (χ1v) is 7.08. The van der Waals surface area contributed by atoms with Gasteiger partial charge in [-0.1, -0.05) is 0 Å². The molecule has 2 aliphatic heterocycles. The van der Waals surface area contributed by atoms with Gasteiger partial charge in [-0.15, -0.1) is 0 Å². The van der Waals surface area contributed by atoms with Crippen LogP contribution in [-0.2, 0) is 4.79 Å². The third kappa shape index (κ3) is 2.48. The first kappa shape index (κ1) is 12.6. The summed E-state index contributed by atoms with van der Waals surface area (Å²) in [5.41, 5.74) is 0.767. The van der Waals surface area contributed by atoms with Crippen molar-refractivity contribution in [2.75, 3.05) is 13.2 Å². The average molecular weight is 342 g/mol. The number of carbonyl (C=O) groups is 2. The lowest BCUT2D eigenvalue weighted by Crippen LogP contribution is -2.17. The Bertz CT molecular complexity index is 614. The second-order valence-corrected chi connectivity index (χ2v) is 5.75. The van der Waals surface area contributed by atoms with Crippen LogP contribution in [-0.4, -0.2) is 24.4 Å². The highest BCUT2D eigenvalue weighted by Gasteiger charge is 2.25. The van der Waals surface area contributed by atoms with Crippen LogP contribution in [0.2, 0.25) is 0 Å². The predicted octanol–water partition coefficient (Wildman–Crippen LogP) is 2.54. The second kappa shape index (κ2) is 4.90. The molecule has 7 heteroatoms. The highest BCUT2D eigenvalue weighted by Crippen LogP contribution is 2.39. The van der Waals surface area contributed by atoms with Crippen molar-refractivity contribution in [1.82, 2.24) is 5.32 Å². The molecule has 0 unspecified atom stereocenters. The lowest BCUT2D eigenvalue weighted by Gasteiger charge is -2.19. The highest BCUT2D eigenvalue weighted by atomic mass is 79.9. The molecule has 0 spiro atoms. The molecule has 2 amide bonds. The van der Waals surface area contributed by atoms with E-state index in [-0.39, 0.29) is 11.1 Å². The lowest BCUT2D eigenvalue weighted by molar-refractivity contribution is -0.115. The number of nitrogens with one attached hydrogen (secondary N) is 1. The molecule has 0 saturated carbocycles. The van der Waals surface area contributed by atoms with Crippen molar-refractivity contribution < 1.29 is 19.1 Å². The van der Waals surface area contributed by atoms with Gasteiger partial charge < -0.3 is 9.47 Å². The van der Waals surface area contributed by atoms with Crippen LogP contribution in [0, 0.1) is 0 Å². The van der Waals surface area contributed by atoms with E-state index in [9.17, 15) is 9.59 Å². The van der Waals surface area contributed by atoms with Crippen LogP contribution in [0.1, 0.15) is 5.56 Å². The van der Waals surface area contributed by atoms with Crippen LogP contribution in [0.15, 0.2) is 21.5 Å². The van der Waals surface area contributed by atoms with E-state index in [0.717, 1.165) is 21.8 Å². The van der Waals surface area contributed by atoms with Crippen LogP contribution in [0.5, 0.6) is 11.5 Å². The summed E-state index contributed by atoms with van der Waals surface area (Å²) in [7, 11) is 0. The molecule has 2 heterocycles. The Morgan fingerprint density at radius 1 is 1.26 bits per heavy atom. The summed E-state index contributed by atoms with van der Waals surface area (Å²) >= 11 is 4.29. The zero-order valence-corrected chi connectivity index (χ0v) is 12.0. The number of carbonyl (C=O) groups excluding carboxylic acids is 2. The minimum absolute atomic E-state index is 0.354. The Morgan fingerprint density at radius 3 is 2.79 bits per heavy atom. The number of ether oxygens (including phenoxy) is 2. The van der Waals surface area contributed by atoms with Gasteiger partial charge in [0.05, 0.1) is 9.38 Å². The average Bonchev–Trinajstić information content (AvgIpc) is 2.68. The third-order valence-electron chi connectivity index (χ3n) is 2.56. The van der Waals surface area contributed by atoms with Gasteiger partial charge in [0.2, 0.25) is 0 Å². The molecule has 0 atom stereocenters. The molecular weight excluding hydrogens is 334 g/mol. The maximum Gasteiger partial charge on any atom is 0.290 e. The summed E-state index contributed by atoms with van der Waals surface area (Å²) < 4.78 is 11.7. The second-order valence-electron chi connectivity index (χ2n) is 3.88. The molecule has 1 aromatic carbocycles. The van der Waals surface area contributed by atoms with Crippen molar-refractivity contribution in [2.45, 2.75) is 0 Å². The number of halogens is 1. The summed E-state index contributed by atoms with van der Waals surface area (Å²) in [5.74, 6) is 0.913. The summed E-state index contributed by atoms with van der Waals surface area (Å²) in [5, 5.41) is 1.86. The number of imide groups is 1. The molecule has 3 rings (SSSR count). The summed E-state index contributed by atoms with van der Waals surface area (Å²) in [6.45, 7) is 1.01. The Labute approximate surface area is 121 Å². The molecule has 0 radical (unpaired) electrons. The van der Waals surface area contributed by atoms with Gasteiger partial charge in [-0.3, -0.25) is 14.9 Å². The summed E-state index contributed by atoms with van der Waals surface area (Å²) in [6, 6.07) is 3.60. The maximum absolute atomic E-state index is 11.5. The zero-order chi connectivity index (χ0) is 13.4. The zero-order valence-electron chi connectivity index (χ0n) is 9.57. The van der Waals surface area contributed by atoms with Gasteiger partial charge in [-0.25, -0.2) is 0 Å². The van der Waals surface area contributed by atoms with E-state index >= 15 is 0 Å². The van der Waals surface area contributed by atoms with Crippen molar-refractivity contribution in [2.24, 2.45) is 0 Å². The normalized spacial score (nSPS) is 19.7. The molecule has 5 nitrogen and oxygen atoms in total. The van der Waals surface area contributed by atoms with Gasteiger partial charge in [-0.2, -0.15) is 0 Å². The van der Waals surface area contributed by atoms with E-state index in [4.69, 9.17) is 9.47 Å². The number of fused-ring (bicyclic) bond motifs is 1. The van der Waals surface area contributed by atoms with E-state index in [2.05, 4.69) is 21.2 Å². The molecule has 0 aliphatic carbocycles. The summed E-state index contributed by atoms with van der Waals surface area (Å²) in [6.07, 6.45) is 1.65. The quantitative estimate of drug-likeness (QED) is 0.795. The molecule has 1 fully saturated rings. The number of hydrogen-bond donors (Lipinski definition) is 1. The van der Waals surface area contributed by atoms with E-state index in [1.807, 2.05) is 6.07 Å². The standard InChI is InChI=1S/C12H8BrNO4S/c13-7-3-6(4-8-10(7)18-2-1-17-8)5-9-11(15)14-12(16)19-9/h3-5H,1-2H2,(H,14,15,16)/b9-5-. The molecule has 0 aromatic heterocycles. The van der Waals surface area contributed by atoms with Gasteiger partial charge in [-0.05, 0) is 51.5 Å². The Kier molecular flexibility index (Phi) is 3.24. The fraction of sp³-hybridized carbons (Fsp3) is 0.167. The fourth-order valence-electron chi connectivity index (χ4n) is 1.79. The van der Waals surface area contributed by atoms with Crippen LogP contribution in [0.3, 0.4) is 0 Å². The SMILES string of the molecule is O=C1NC(=O)/C(=C/c2cc(Br)c3c(c2)OCCO3)S1. The Balaban J connectivity index is 1.98. The monoisotopic (exact) mass is 341 g/mol. The number of amides is 2. The van der Waals surface area contributed by atoms with Gasteiger partial charge >= 0.3 is 0 Å². The maximum atomic E-state index is 11.5. The van der Waals surface area contributed by atoms with Gasteiger partial charge in [0, 0.05) is 0 Å². The number of thioether (sulfide) groups is 1. The van der Waals surface area contributed by atoms with Crippen LogP contribution in [0.4, 0.5) is 4.79 Å².